The largest absolute Gasteiger partial charge is 0.376 e. The number of likely N-dealkylation sites (N-methyl/N-ethyl adjacent to an activating group) is 1. The topological polar surface area (TPSA) is 98.2 Å². The molecule has 0 radical (unpaired) electrons. The van der Waals surface area contributed by atoms with Gasteiger partial charge < -0.3 is 14.4 Å². The van der Waals surface area contributed by atoms with Gasteiger partial charge in [0.1, 0.15) is 18.8 Å². The van der Waals surface area contributed by atoms with Crippen molar-refractivity contribution in [2.45, 2.75) is 25.0 Å². The molecule has 24 heavy (non-hydrogen) atoms. The van der Waals surface area contributed by atoms with E-state index in [1.165, 1.54) is 6.33 Å². The third kappa shape index (κ3) is 3.80. The van der Waals surface area contributed by atoms with Crippen molar-refractivity contribution in [2.75, 3.05) is 26.8 Å². The van der Waals surface area contributed by atoms with Gasteiger partial charge >= 0.3 is 0 Å². The fourth-order valence-electron chi connectivity index (χ4n) is 2.80. The second-order valence-electron chi connectivity index (χ2n) is 5.89. The molecule has 1 aliphatic heterocycles. The zero-order valence-corrected chi connectivity index (χ0v) is 13.9. The van der Waals surface area contributed by atoms with Crippen molar-refractivity contribution in [2.24, 2.45) is 7.05 Å². The molecular formula is C15H22N6O3. The molecule has 9 nitrogen and oxygen atoms in total. The molecule has 0 saturated carbocycles. The predicted molar refractivity (Wildman–Crippen MR) is 84.0 cm³/mol. The first-order valence-corrected chi connectivity index (χ1v) is 7.90. The van der Waals surface area contributed by atoms with Crippen LogP contribution in [0.15, 0.2) is 18.6 Å². The lowest BCUT2D eigenvalue weighted by atomic mass is 10.0. The van der Waals surface area contributed by atoms with Crippen molar-refractivity contribution >= 4 is 5.91 Å². The van der Waals surface area contributed by atoms with Gasteiger partial charge in [0, 0.05) is 39.4 Å². The number of nitrogens with zero attached hydrogens (tertiary/aromatic N) is 5. The summed E-state index contributed by atoms with van der Waals surface area (Å²) in [5, 5.41) is 10.8. The second kappa shape index (κ2) is 7.54. The Morgan fingerprint density at radius 2 is 2.46 bits per heavy atom. The molecule has 0 spiro atoms. The predicted octanol–water partition coefficient (Wildman–Crippen LogP) is 0.0859. The van der Waals surface area contributed by atoms with E-state index in [1.807, 2.05) is 13.1 Å². The number of amides is 1. The van der Waals surface area contributed by atoms with Crippen LogP contribution in [0.25, 0.3) is 0 Å². The molecule has 2 aromatic heterocycles. The molecule has 0 bridgehead atoms. The van der Waals surface area contributed by atoms with Gasteiger partial charge in [-0.05, 0) is 12.5 Å². The Morgan fingerprint density at radius 1 is 1.58 bits per heavy atom. The van der Waals surface area contributed by atoms with E-state index >= 15 is 0 Å². The molecule has 1 aliphatic rings. The van der Waals surface area contributed by atoms with E-state index in [9.17, 15) is 4.79 Å². The summed E-state index contributed by atoms with van der Waals surface area (Å²) in [7, 11) is 3.60. The highest BCUT2D eigenvalue weighted by molar-refractivity contribution is 5.77. The number of carbonyl (C=O) groups excluding carboxylic acids is 1. The number of aromatic amines is 1. The summed E-state index contributed by atoms with van der Waals surface area (Å²) < 4.78 is 13.0. The van der Waals surface area contributed by atoms with Crippen LogP contribution >= 0.6 is 0 Å². The third-order valence-electron chi connectivity index (χ3n) is 4.27. The summed E-state index contributed by atoms with van der Waals surface area (Å²) in [4.78, 5) is 18.1. The fraction of sp³-hybridized carbons (Fsp3) is 0.600. The van der Waals surface area contributed by atoms with Crippen molar-refractivity contribution in [1.29, 1.82) is 0 Å². The Hall–Kier alpha value is -2.26. The number of ether oxygens (including phenoxy) is 2. The van der Waals surface area contributed by atoms with Crippen molar-refractivity contribution in [1.82, 2.24) is 29.9 Å². The smallest absolute Gasteiger partial charge is 0.248 e. The van der Waals surface area contributed by atoms with E-state index in [-0.39, 0.29) is 24.5 Å². The van der Waals surface area contributed by atoms with Crippen LogP contribution in [0.4, 0.5) is 0 Å². The molecule has 3 heterocycles. The summed E-state index contributed by atoms with van der Waals surface area (Å²) >= 11 is 0. The maximum absolute atomic E-state index is 12.2. The van der Waals surface area contributed by atoms with Crippen LogP contribution in [0.2, 0.25) is 0 Å². The minimum atomic E-state index is -0.0797. The normalized spacial score (nSPS) is 20.4. The highest BCUT2D eigenvalue weighted by Gasteiger charge is 2.33. The monoisotopic (exact) mass is 334 g/mol. The first-order valence-electron chi connectivity index (χ1n) is 7.90. The minimum Gasteiger partial charge on any atom is -0.376 e. The van der Waals surface area contributed by atoms with Gasteiger partial charge in [-0.15, -0.1) is 0 Å². The van der Waals surface area contributed by atoms with E-state index in [2.05, 4.69) is 20.3 Å². The third-order valence-corrected chi connectivity index (χ3v) is 4.27. The number of H-pyrrole nitrogens is 1. The lowest BCUT2D eigenvalue weighted by molar-refractivity contribution is -0.136. The Balaban J connectivity index is 1.46. The van der Waals surface area contributed by atoms with E-state index in [1.54, 1.807) is 22.8 Å². The molecule has 2 atom stereocenters. The fourth-order valence-corrected chi connectivity index (χ4v) is 2.80. The van der Waals surface area contributed by atoms with Crippen molar-refractivity contribution < 1.29 is 14.3 Å². The van der Waals surface area contributed by atoms with Crippen LogP contribution in [0.5, 0.6) is 0 Å². The van der Waals surface area contributed by atoms with Crippen LogP contribution < -0.4 is 0 Å². The van der Waals surface area contributed by atoms with Crippen molar-refractivity contribution in [3.63, 3.8) is 0 Å². The van der Waals surface area contributed by atoms with Crippen LogP contribution in [-0.4, -0.2) is 68.7 Å². The Bertz CT molecular complexity index is 656. The van der Waals surface area contributed by atoms with Crippen LogP contribution in [0.1, 0.15) is 23.9 Å². The van der Waals surface area contributed by atoms with Gasteiger partial charge in [-0.25, -0.2) is 4.98 Å². The number of hydrogen-bond donors (Lipinski definition) is 1. The maximum atomic E-state index is 12.2. The zero-order chi connectivity index (χ0) is 16.9. The number of nitrogens with one attached hydrogen (secondary N) is 1. The Kier molecular flexibility index (Phi) is 5.21. The summed E-state index contributed by atoms with van der Waals surface area (Å²) in [5.41, 5.74) is 0.926. The standard InChI is InChI=1S/C15H22N6O3/c1-20(14(22)9-23-8-11-3-5-18-21(11)2)7-13-12(4-6-24-13)15-16-10-17-19-15/h3,5,10,12-13H,4,6-9H2,1-2H3,(H,16,17,19)/t12-,13-/m1/s1. The Morgan fingerprint density at radius 3 is 3.17 bits per heavy atom. The first kappa shape index (κ1) is 16.6. The Labute approximate surface area is 140 Å². The SMILES string of the molecule is CN(C[C@H]1OCC[C@H]1c1ncn[nH]1)C(=O)COCc1ccnn1C. The van der Waals surface area contributed by atoms with Crippen LogP contribution in [0.3, 0.4) is 0 Å². The first-order chi connectivity index (χ1) is 11.6. The average molecular weight is 334 g/mol. The number of carbonyl (C=O) groups is 1. The van der Waals surface area contributed by atoms with E-state index < -0.39 is 0 Å². The molecule has 2 aromatic rings. The van der Waals surface area contributed by atoms with Crippen molar-refractivity contribution in [3.8, 4) is 0 Å². The molecule has 3 rings (SSSR count). The number of aromatic nitrogens is 5. The summed E-state index contributed by atoms with van der Waals surface area (Å²) in [6, 6.07) is 1.86. The van der Waals surface area contributed by atoms with E-state index in [4.69, 9.17) is 9.47 Å². The quantitative estimate of drug-likeness (QED) is 0.770. The average Bonchev–Trinajstić information content (AvgIpc) is 3.29. The maximum Gasteiger partial charge on any atom is 0.248 e. The van der Waals surface area contributed by atoms with E-state index in [0.29, 0.717) is 19.8 Å². The van der Waals surface area contributed by atoms with Gasteiger partial charge in [0.2, 0.25) is 5.91 Å². The lowest BCUT2D eigenvalue weighted by Crippen LogP contribution is -2.38. The van der Waals surface area contributed by atoms with Gasteiger partial charge in [-0.3, -0.25) is 14.6 Å². The van der Waals surface area contributed by atoms with Gasteiger partial charge in [-0.1, -0.05) is 0 Å². The highest BCUT2D eigenvalue weighted by Crippen LogP contribution is 2.29. The zero-order valence-electron chi connectivity index (χ0n) is 13.9. The van der Waals surface area contributed by atoms with Gasteiger partial charge in [0.25, 0.3) is 0 Å². The molecule has 1 fully saturated rings. The summed E-state index contributed by atoms with van der Waals surface area (Å²) in [5.74, 6) is 0.868. The molecule has 130 valence electrons. The molecule has 1 N–H and O–H groups in total. The lowest BCUT2D eigenvalue weighted by Gasteiger charge is -2.24. The molecule has 1 amide bonds. The number of hydrogen-bond acceptors (Lipinski definition) is 6. The molecule has 1 saturated heterocycles. The number of rotatable bonds is 7. The van der Waals surface area contributed by atoms with E-state index in [0.717, 1.165) is 17.9 Å². The minimum absolute atomic E-state index is 0.0291. The summed E-state index contributed by atoms with van der Waals surface area (Å²) in [6.45, 7) is 1.55. The van der Waals surface area contributed by atoms with Gasteiger partial charge in [-0.2, -0.15) is 10.2 Å². The van der Waals surface area contributed by atoms with Gasteiger partial charge in [0.05, 0.1) is 18.4 Å². The molecule has 0 unspecified atom stereocenters. The molecule has 9 heteroatoms. The highest BCUT2D eigenvalue weighted by atomic mass is 16.5. The number of aryl methyl sites for hydroxylation is 1. The molecule has 0 aliphatic carbocycles. The van der Waals surface area contributed by atoms with Crippen LogP contribution in [0, 0.1) is 0 Å². The molecular weight excluding hydrogens is 312 g/mol. The second-order valence-corrected chi connectivity index (χ2v) is 5.89. The molecule has 0 aromatic carbocycles. The van der Waals surface area contributed by atoms with Gasteiger partial charge in [0.15, 0.2) is 0 Å². The summed E-state index contributed by atoms with van der Waals surface area (Å²) in [6.07, 6.45) is 3.99. The van der Waals surface area contributed by atoms with Crippen molar-refractivity contribution in [3.05, 3.63) is 30.1 Å². The van der Waals surface area contributed by atoms with Crippen LogP contribution in [-0.2, 0) is 27.9 Å².